The van der Waals surface area contributed by atoms with Gasteiger partial charge in [0.1, 0.15) is 17.1 Å². The molecule has 3 aromatic rings. The minimum Gasteiger partial charge on any atom is -0.497 e. The molecule has 176 valence electrons. The first-order chi connectivity index (χ1) is 15.9. The smallest absolute Gasteiger partial charge is 0.260 e. The van der Waals surface area contributed by atoms with Crippen LogP contribution >= 0.6 is 11.6 Å². The zero-order valence-corrected chi connectivity index (χ0v) is 20.1. The van der Waals surface area contributed by atoms with E-state index >= 15 is 0 Å². The second-order valence-corrected chi connectivity index (χ2v) is 8.45. The summed E-state index contributed by atoms with van der Waals surface area (Å²) in [5, 5.41) is 4.06. The average Bonchev–Trinajstić information content (AvgIpc) is 2.84. The largest absolute Gasteiger partial charge is 0.497 e. The summed E-state index contributed by atoms with van der Waals surface area (Å²) >= 11 is 6.63. The van der Waals surface area contributed by atoms with E-state index in [4.69, 9.17) is 21.1 Å². The van der Waals surface area contributed by atoms with E-state index in [9.17, 15) is 4.79 Å². The number of pyridine rings is 1. The number of piperazine rings is 1. The molecule has 4 rings (SSSR count). The SMILES string of the molecule is CNc1ncc2cc(-c3cc(OC)cc(OC)c3Cl)c(=O)n(CCN3CCN(C)CC3)c2n1. The van der Waals surface area contributed by atoms with E-state index in [0.717, 1.165) is 38.1 Å². The zero-order chi connectivity index (χ0) is 23.5. The van der Waals surface area contributed by atoms with Crippen molar-refractivity contribution in [1.82, 2.24) is 24.3 Å². The number of rotatable bonds is 7. The van der Waals surface area contributed by atoms with E-state index in [1.165, 1.54) is 7.11 Å². The molecule has 1 aliphatic heterocycles. The van der Waals surface area contributed by atoms with Crippen molar-refractivity contribution in [3.8, 4) is 22.6 Å². The summed E-state index contributed by atoms with van der Waals surface area (Å²) in [6, 6.07) is 5.23. The van der Waals surface area contributed by atoms with Crippen LogP contribution in [0.4, 0.5) is 5.95 Å². The van der Waals surface area contributed by atoms with Gasteiger partial charge in [0.05, 0.1) is 19.2 Å². The lowest BCUT2D eigenvalue weighted by molar-refractivity contribution is 0.150. The van der Waals surface area contributed by atoms with Crippen LogP contribution in [-0.4, -0.2) is 85.4 Å². The van der Waals surface area contributed by atoms with Crippen molar-refractivity contribution in [1.29, 1.82) is 0 Å². The van der Waals surface area contributed by atoms with Crippen molar-refractivity contribution >= 4 is 28.6 Å². The number of methoxy groups -OCH3 is 2. The first-order valence-electron chi connectivity index (χ1n) is 10.9. The van der Waals surface area contributed by atoms with Gasteiger partial charge in [-0.05, 0) is 19.2 Å². The third kappa shape index (κ3) is 4.75. The molecule has 1 aromatic carbocycles. The number of halogens is 1. The molecule has 9 nitrogen and oxygen atoms in total. The number of hydrogen-bond donors (Lipinski definition) is 1. The molecule has 2 aromatic heterocycles. The minimum absolute atomic E-state index is 0.172. The fourth-order valence-corrected chi connectivity index (χ4v) is 4.32. The predicted octanol–water partition coefficient (Wildman–Crippen LogP) is 2.42. The van der Waals surface area contributed by atoms with Gasteiger partial charge >= 0.3 is 0 Å². The number of nitrogens with one attached hydrogen (secondary N) is 1. The molecule has 1 aliphatic rings. The van der Waals surface area contributed by atoms with Crippen LogP contribution in [-0.2, 0) is 6.54 Å². The topological polar surface area (TPSA) is 84.8 Å². The standard InChI is InChI=1S/C23H29ClN6O3/c1-25-23-26-14-15-11-18(17-12-16(32-3)13-19(33-4)20(17)24)22(31)30(21(15)27-23)10-9-29-7-5-28(2)6-8-29/h11-14H,5-10H2,1-4H3,(H,25,26,27). The number of anilines is 1. The van der Waals surface area contributed by atoms with Gasteiger partial charge in [-0.25, -0.2) is 4.98 Å². The Morgan fingerprint density at radius 3 is 2.48 bits per heavy atom. The molecule has 0 radical (unpaired) electrons. The summed E-state index contributed by atoms with van der Waals surface area (Å²) in [5.41, 5.74) is 1.41. The van der Waals surface area contributed by atoms with Gasteiger partial charge in [-0.15, -0.1) is 0 Å². The van der Waals surface area contributed by atoms with Crippen LogP contribution in [0.25, 0.3) is 22.2 Å². The van der Waals surface area contributed by atoms with Crippen LogP contribution < -0.4 is 20.3 Å². The predicted molar refractivity (Wildman–Crippen MR) is 131 cm³/mol. The average molecular weight is 473 g/mol. The third-order valence-electron chi connectivity index (χ3n) is 6.04. The first kappa shape index (κ1) is 23.3. The van der Waals surface area contributed by atoms with Crippen molar-refractivity contribution in [3.05, 3.63) is 39.8 Å². The number of fused-ring (bicyclic) bond motifs is 1. The second-order valence-electron chi connectivity index (χ2n) is 8.07. The molecule has 0 aliphatic carbocycles. The normalized spacial score (nSPS) is 15.1. The molecule has 0 unspecified atom stereocenters. The molecule has 0 spiro atoms. The maximum atomic E-state index is 13.8. The summed E-state index contributed by atoms with van der Waals surface area (Å²) in [6.45, 7) is 5.23. The monoisotopic (exact) mass is 472 g/mol. The summed E-state index contributed by atoms with van der Waals surface area (Å²) in [7, 11) is 6.98. The third-order valence-corrected chi connectivity index (χ3v) is 6.43. The van der Waals surface area contributed by atoms with E-state index in [2.05, 4.69) is 32.1 Å². The van der Waals surface area contributed by atoms with Crippen molar-refractivity contribution in [2.75, 3.05) is 66.4 Å². The van der Waals surface area contributed by atoms with Crippen LogP contribution in [0.2, 0.25) is 5.02 Å². The molecule has 0 amide bonds. The zero-order valence-electron chi connectivity index (χ0n) is 19.4. The van der Waals surface area contributed by atoms with Crippen LogP contribution in [0.1, 0.15) is 0 Å². The Hall–Kier alpha value is -2.88. The lowest BCUT2D eigenvalue weighted by atomic mass is 10.0. The number of likely N-dealkylation sites (N-methyl/N-ethyl adjacent to an activating group) is 1. The van der Waals surface area contributed by atoms with E-state index < -0.39 is 0 Å². The van der Waals surface area contributed by atoms with Gasteiger partial charge in [-0.1, -0.05) is 11.6 Å². The maximum Gasteiger partial charge on any atom is 0.260 e. The Bertz CT molecular complexity index is 1210. The van der Waals surface area contributed by atoms with Gasteiger partial charge < -0.3 is 19.7 Å². The van der Waals surface area contributed by atoms with Crippen LogP contribution in [0.15, 0.2) is 29.2 Å². The van der Waals surface area contributed by atoms with E-state index in [1.54, 1.807) is 43.1 Å². The minimum atomic E-state index is -0.172. The van der Waals surface area contributed by atoms with Crippen molar-refractivity contribution < 1.29 is 9.47 Å². The van der Waals surface area contributed by atoms with E-state index in [-0.39, 0.29) is 5.56 Å². The highest BCUT2D eigenvalue weighted by atomic mass is 35.5. The van der Waals surface area contributed by atoms with Gasteiger partial charge in [-0.3, -0.25) is 14.3 Å². The van der Waals surface area contributed by atoms with Crippen LogP contribution in [0.5, 0.6) is 11.5 Å². The summed E-state index contributed by atoms with van der Waals surface area (Å²) in [6.07, 6.45) is 1.72. The molecule has 3 heterocycles. The van der Waals surface area contributed by atoms with E-state index in [0.29, 0.717) is 45.8 Å². The Morgan fingerprint density at radius 2 is 1.82 bits per heavy atom. The quantitative estimate of drug-likeness (QED) is 0.561. The van der Waals surface area contributed by atoms with Gasteiger partial charge in [0, 0.05) is 75.1 Å². The lowest BCUT2D eigenvalue weighted by Gasteiger charge is -2.32. The number of aromatic nitrogens is 3. The maximum absolute atomic E-state index is 13.8. The van der Waals surface area contributed by atoms with Crippen LogP contribution in [0.3, 0.4) is 0 Å². The molecule has 1 fully saturated rings. The fourth-order valence-electron chi connectivity index (χ4n) is 4.03. The Morgan fingerprint density at radius 1 is 1.06 bits per heavy atom. The van der Waals surface area contributed by atoms with Crippen LogP contribution in [0, 0.1) is 0 Å². The highest BCUT2D eigenvalue weighted by Crippen LogP contribution is 2.38. The van der Waals surface area contributed by atoms with Gasteiger partial charge in [0.25, 0.3) is 5.56 Å². The number of hydrogen-bond acceptors (Lipinski definition) is 8. The summed E-state index contributed by atoms with van der Waals surface area (Å²) in [4.78, 5) is 27.4. The van der Waals surface area contributed by atoms with Gasteiger partial charge in [0.2, 0.25) is 5.95 Å². The highest BCUT2D eigenvalue weighted by Gasteiger charge is 2.20. The first-order valence-corrected chi connectivity index (χ1v) is 11.2. The number of ether oxygens (including phenoxy) is 2. The number of benzene rings is 1. The summed E-state index contributed by atoms with van der Waals surface area (Å²) < 4.78 is 12.5. The van der Waals surface area contributed by atoms with E-state index in [1.807, 2.05) is 0 Å². The highest BCUT2D eigenvalue weighted by molar-refractivity contribution is 6.35. The Kier molecular flexibility index (Phi) is 7.02. The molecule has 0 bridgehead atoms. The molecular weight excluding hydrogens is 444 g/mol. The number of nitrogens with zero attached hydrogens (tertiary/aromatic N) is 5. The van der Waals surface area contributed by atoms with Crippen molar-refractivity contribution in [3.63, 3.8) is 0 Å². The molecule has 0 saturated carbocycles. The fraction of sp³-hybridized carbons (Fsp3) is 0.435. The van der Waals surface area contributed by atoms with Crippen molar-refractivity contribution in [2.45, 2.75) is 6.54 Å². The molecular formula is C23H29ClN6O3. The molecule has 0 atom stereocenters. The summed E-state index contributed by atoms with van der Waals surface area (Å²) in [5.74, 6) is 1.46. The Balaban J connectivity index is 1.84. The molecule has 33 heavy (non-hydrogen) atoms. The van der Waals surface area contributed by atoms with Gasteiger partial charge in [-0.2, -0.15) is 4.98 Å². The van der Waals surface area contributed by atoms with Gasteiger partial charge in [0.15, 0.2) is 0 Å². The molecule has 1 saturated heterocycles. The molecule has 10 heteroatoms. The Labute approximate surface area is 197 Å². The lowest BCUT2D eigenvalue weighted by Crippen LogP contribution is -2.45. The molecule has 1 N–H and O–H groups in total. The second kappa shape index (κ2) is 9.94. The van der Waals surface area contributed by atoms with Crippen molar-refractivity contribution in [2.24, 2.45) is 0 Å².